The van der Waals surface area contributed by atoms with Gasteiger partial charge in [-0.05, 0) is 83.3 Å². The Labute approximate surface area is 227 Å². The molecule has 0 atom stereocenters. The summed E-state index contributed by atoms with van der Waals surface area (Å²) in [7, 11) is 0. The summed E-state index contributed by atoms with van der Waals surface area (Å²) in [4.78, 5) is 23.9. The minimum atomic E-state index is -1.16. The fourth-order valence-corrected chi connectivity index (χ4v) is 6.26. The number of aliphatic carboxylic acids is 1. The van der Waals surface area contributed by atoms with Crippen LogP contribution in [-0.4, -0.2) is 22.5 Å². The van der Waals surface area contributed by atoms with Gasteiger partial charge in [0.15, 0.2) is 5.76 Å². The predicted octanol–water partition coefficient (Wildman–Crippen LogP) is 7.82. The lowest BCUT2D eigenvalue weighted by Crippen LogP contribution is -2.55. The summed E-state index contributed by atoms with van der Waals surface area (Å²) in [6.07, 6.45) is 8.78. The Bertz CT molecular complexity index is 1640. The van der Waals surface area contributed by atoms with Gasteiger partial charge in [-0.25, -0.2) is 4.79 Å². The van der Waals surface area contributed by atoms with Gasteiger partial charge < -0.3 is 14.8 Å². The van der Waals surface area contributed by atoms with E-state index < -0.39 is 17.4 Å². The van der Waals surface area contributed by atoms with Gasteiger partial charge in [-0.2, -0.15) is 0 Å². The number of carbonyl (C=O) groups is 2. The lowest BCUT2D eigenvalue weighted by molar-refractivity contribution is -0.145. The van der Waals surface area contributed by atoms with Crippen LogP contribution < -0.4 is 5.32 Å². The third kappa shape index (κ3) is 4.89. The number of benzene rings is 4. The van der Waals surface area contributed by atoms with Gasteiger partial charge in [-0.3, -0.25) is 4.79 Å². The van der Waals surface area contributed by atoms with Crippen molar-refractivity contribution in [3.63, 3.8) is 0 Å². The lowest BCUT2D eigenvalue weighted by Gasteiger charge is -2.33. The maximum Gasteiger partial charge on any atom is 0.329 e. The number of hydrogen-bond donors (Lipinski definition) is 2. The molecule has 198 valence electrons. The Morgan fingerprint density at radius 2 is 1.44 bits per heavy atom. The number of rotatable bonds is 3. The number of para-hydroxylation sites is 1. The number of carboxylic acid groups (broad SMARTS) is 1. The van der Waals surface area contributed by atoms with Crippen molar-refractivity contribution in [2.75, 3.05) is 0 Å². The van der Waals surface area contributed by atoms with Crippen molar-refractivity contribution in [2.45, 2.75) is 63.3 Å². The third-order valence-electron chi connectivity index (χ3n) is 8.38. The van der Waals surface area contributed by atoms with Crippen LogP contribution in [-0.2, 0) is 17.6 Å². The zero-order valence-electron chi connectivity index (χ0n) is 22.0. The molecule has 1 saturated carbocycles. The second kappa shape index (κ2) is 10.6. The van der Waals surface area contributed by atoms with E-state index in [9.17, 15) is 14.7 Å². The van der Waals surface area contributed by atoms with Crippen LogP contribution in [0.5, 0.6) is 0 Å². The molecule has 0 unspecified atom stereocenters. The molecule has 7 rings (SSSR count). The normalized spacial score (nSPS) is 16.3. The largest absolute Gasteiger partial charge is 0.480 e. The molecule has 1 aromatic heterocycles. The molecule has 39 heavy (non-hydrogen) atoms. The van der Waals surface area contributed by atoms with Crippen molar-refractivity contribution in [1.29, 1.82) is 0 Å². The van der Waals surface area contributed by atoms with E-state index >= 15 is 0 Å². The summed E-state index contributed by atoms with van der Waals surface area (Å²) in [5, 5.41) is 18.6. The monoisotopic (exact) mass is 519 g/mol. The maximum absolute atomic E-state index is 12.3. The number of carboxylic acids is 1. The molecule has 5 nitrogen and oxygen atoms in total. The van der Waals surface area contributed by atoms with E-state index in [-0.39, 0.29) is 5.76 Å². The van der Waals surface area contributed by atoms with Gasteiger partial charge >= 0.3 is 5.97 Å². The van der Waals surface area contributed by atoms with Crippen LogP contribution in [0.15, 0.2) is 83.3 Å². The molecule has 2 N–H and O–H groups in total. The molecular weight excluding hydrogens is 486 g/mol. The zero-order valence-corrected chi connectivity index (χ0v) is 22.0. The second-order valence-electron chi connectivity index (χ2n) is 10.8. The highest BCUT2D eigenvalue weighted by Crippen LogP contribution is 2.33. The molecule has 5 heteroatoms. The van der Waals surface area contributed by atoms with Crippen molar-refractivity contribution >= 4 is 44.4 Å². The quantitative estimate of drug-likeness (QED) is 0.238. The fourth-order valence-electron chi connectivity index (χ4n) is 6.26. The minimum absolute atomic E-state index is 0.155. The zero-order chi connectivity index (χ0) is 26.8. The molecule has 0 spiro atoms. The molecule has 0 radical (unpaired) electrons. The van der Waals surface area contributed by atoms with E-state index in [1.807, 2.05) is 18.2 Å². The summed E-state index contributed by atoms with van der Waals surface area (Å²) < 4.78 is 5.49. The van der Waals surface area contributed by atoms with E-state index in [4.69, 9.17) is 4.42 Å². The average molecular weight is 520 g/mol. The number of fused-ring (bicyclic) bond motifs is 6. The van der Waals surface area contributed by atoms with Crippen LogP contribution in [0.25, 0.3) is 32.5 Å². The van der Waals surface area contributed by atoms with Gasteiger partial charge in [0.2, 0.25) is 0 Å². The molecule has 1 amide bonds. The van der Waals surface area contributed by atoms with Crippen molar-refractivity contribution in [1.82, 2.24) is 5.32 Å². The fraction of sp³-hybridized carbons (Fsp3) is 0.294. The number of amides is 1. The van der Waals surface area contributed by atoms with Crippen molar-refractivity contribution in [3.05, 3.63) is 95.7 Å². The highest BCUT2D eigenvalue weighted by molar-refractivity contribution is 6.08. The summed E-state index contributed by atoms with van der Waals surface area (Å²) in [5.41, 5.74) is 2.64. The predicted molar refractivity (Wildman–Crippen MR) is 155 cm³/mol. The van der Waals surface area contributed by atoms with Crippen LogP contribution in [0.3, 0.4) is 0 Å². The molecule has 4 aromatic carbocycles. The molecule has 2 aliphatic carbocycles. The number of aryl methyl sites for hydroxylation is 2. The molecule has 1 fully saturated rings. The van der Waals surface area contributed by atoms with Gasteiger partial charge in [0.25, 0.3) is 5.91 Å². The first-order valence-corrected chi connectivity index (χ1v) is 14.0. The first-order chi connectivity index (χ1) is 19.0. The highest BCUT2D eigenvalue weighted by Gasteiger charge is 2.41. The van der Waals surface area contributed by atoms with Gasteiger partial charge in [0, 0.05) is 5.39 Å². The minimum Gasteiger partial charge on any atom is -0.480 e. The first kappa shape index (κ1) is 25.2. The number of nitrogens with one attached hydrogen (secondary N) is 1. The van der Waals surface area contributed by atoms with Gasteiger partial charge in [0.1, 0.15) is 11.1 Å². The van der Waals surface area contributed by atoms with Gasteiger partial charge in [-0.15, -0.1) is 0 Å². The van der Waals surface area contributed by atoms with Crippen molar-refractivity contribution in [3.8, 4) is 0 Å². The smallest absolute Gasteiger partial charge is 0.329 e. The van der Waals surface area contributed by atoms with Crippen LogP contribution >= 0.6 is 0 Å². The van der Waals surface area contributed by atoms with Crippen LogP contribution in [0.1, 0.15) is 66.6 Å². The van der Waals surface area contributed by atoms with E-state index in [0.29, 0.717) is 18.4 Å². The lowest BCUT2D eigenvalue weighted by atomic mass is 9.81. The van der Waals surface area contributed by atoms with Crippen LogP contribution in [0, 0.1) is 0 Å². The molecule has 5 aromatic rings. The van der Waals surface area contributed by atoms with E-state index in [1.54, 1.807) is 23.3 Å². The highest BCUT2D eigenvalue weighted by atomic mass is 16.4. The van der Waals surface area contributed by atoms with Gasteiger partial charge in [0.05, 0.1) is 0 Å². The number of hydrogen-bond acceptors (Lipinski definition) is 3. The summed E-state index contributed by atoms with van der Waals surface area (Å²) in [6.45, 7) is 0. The molecule has 0 bridgehead atoms. The summed E-state index contributed by atoms with van der Waals surface area (Å²) >= 11 is 0. The molecule has 1 heterocycles. The SMILES string of the molecule is O=C(NC1(C(=O)O)CCCCC1)c1cc2ccccc2o1.c1ccc2c(c1)ccc1c3c(ccc12)CCCC3. The van der Waals surface area contributed by atoms with Crippen molar-refractivity contribution in [2.24, 2.45) is 0 Å². The summed E-state index contributed by atoms with van der Waals surface area (Å²) in [5.74, 6) is -1.27. The topological polar surface area (TPSA) is 79.5 Å². The number of furan rings is 1. The Balaban J connectivity index is 0.000000143. The Hall–Kier alpha value is -4.12. The standard InChI is InChI=1S/C18H16.C16H17NO4/c1-3-7-15-13(5-1)9-11-18-16-8-4-2-6-14(16)10-12-17(15)18;18-14(13-10-11-6-2-3-7-12(11)21-13)17-16(15(19)20)8-4-1-5-9-16/h1,3,5,7,9-12H,2,4,6,8H2;2-3,6-7,10H,1,4-5,8-9H2,(H,17,18)(H,19,20). The maximum atomic E-state index is 12.3. The van der Waals surface area contributed by atoms with E-state index in [1.165, 1.54) is 47.2 Å². The van der Waals surface area contributed by atoms with Crippen LogP contribution in [0.4, 0.5) is 0 Å². The summed E-state index contributed by atoms with van der Waals surface area (Å²) in [6, 6.07) is 26.9. The molecule has 0 aliphatic heterocycles. The average Bonchev–Trinajstić information content (AvgIpc) is 3.42. The van der Waals surface area contributed by atoms with E-state index in [0.717, 1.165) is 24.6 Å². The molecular formula is C34H33NO4. The Morgan fingerprint density at radius 3 is 2.23 bits per heavy atom. The van der Waals surface area contributed by atoms with Gasteiger partial charge in [-0.1, -0.05) is 86.0 Å². The molecule has 0 saturated heterocycles. The Kier molecular flexibility index (Phi) is 6.82. The number of carbonyl (C=O) groups excluding carboxylic acids is 1. The first-order valence-electron chi connectivity index (χ1n) is 14.0. The van der Waals surface area contributed by atoms with Crippen LogP contribution in [0.2, 0.25) is 0 Å². The van der Waals surface area contributed by atoms with E-state index in [2.05, 4.69) is 53.8 Å². The third-order valence-corrected chi connectivity index (χ3v) is 8.38. The second-order valence-corrected chi connectivity index (χ2v) is 10.8. The Morgan fingerprint density at radius 1 is 0.718 bits per heavy atom. The van der Waals surface area contributed by atoms with Crippen molar-refractivity contribution < 1.29 is 19.1 Å². The molecule has 2 aliphatic rings.